The fraction of sp³-hybridized carbons (Fsp3) is 0.300. The van der Waals surface area contributed by atoms with Crippen LogP contribution in [0.25, 0.3) is 11.0 Å². The lowest BCUT2D eigenvalue weighted by molar-refractivity contribution is -0.132. The van der Waals surface area contributed by atoms with Crippen molar-refractivity contribution < 1.29 is 13.2 Å². The Morgan fingerprint density at radius 3 is 2.48 bits per heavy atom. The summed E-state index contributed by atoms with van der Waals surface area (Å²) in [7, 11) is -3.56. The molecule has 29 heavy (non-hydrogen) atoms. The first-order chi connectivity index (χ1) is 13.8. The average molecular weight is 433 g/mol. The van der Waals surface area contributed by atoms with Crippen molar-refractivity contribution in [3.05, 3.63) is 53.6 Å². The van der Waals surface area contributed by atoms with Crippen LogP contribution in [0.4, 0.5) is 5.69 Å². The van der Waals surface area contributed by atoms with Gasteiger partial charge in [0.2, 0.25) is 20.9 Å². The van der Waals surface area contributed by atoms with E-state index in [0.717, 1.165) is 11.9 Å². The van der Waals surface area contributed by atoms with Crippen LogP contribution in [0, 0.1) is 0 Å². The number of fused-ring (bicyclic) bond motifs is 1. The van der Waals surface area contributed by atoms with Gasteiger partial charge in [-0.2, -0.15) is 0 Å². The van der Waals surface area contributed by atoms with Gasteiger partial charge in [-0.25, -0.2) is 13.4 Å². The van der Waals surface area contributed by atoms with Crippen LogP contribution in [0.15, 0.2) is 53.7 Å². The molecule has 7 nitrogen and oxygen atoms in total. The van der Waals surface area contributed by atoms with Gasteiger partial charge in [-0.3, -0.25) is 4.79 Å². The van der Waals surface area contributed by atoms with Crippen LogP contribution >= 0.6 is 11.6 Å². The van der Waals surface area contributed by atoms with Crippen LogP contribution in [0.1, 0.15) is 0 Å². The van der Waals surface area contributed by atoms with Gasteiger partial charge in [0, 0.05) is 43.1 Å². The third kappa shape index (κ3) is 4.09. The molecule has 0 bridgehead atoms. The van der Waals surface area contributed by atoms with Crippen LogP contribution in [0.3, 0.4) is 0 Å². The third-order valence-electron chi connectivity index (χ3n) is 5.05. The number of imidazole rings is 1. The fourth-order valence-electron chi connectivity index (χ4n) is 3.61. The smallest absolute Gasteiger partial charge is 0.242 e. The maximum Gasteiger partial charge on any atom is 0.242 e. The van der Waals surface area contributed by atoms with Gasteiger partial charge in [-0.15, -0.1) is 0 Å². The highest BCUT2D eigenvalue weighted by Gasteiger charge is 2.25. The molecule has 0 N–H and O–H groups in total. The first-order valence-corrected chi connectivity index (χ1v) is 11.5. The molecule has 0 aliphatic carbocycles. The van der Waals surface area contributed by atoms with E-state index in [2.05, 4.69) is 9.88 Å². The van der Waals surface area contributed by atoms with Crippen LogP contribution in [0.5, 0.6) is 0 Å². The summed E-state index contributed by atoms with van der Waals surface area (Å²) in [5, 5.41) is 0.603. The van der Waals surface area contributed by atoms with Gasteiger partial charge in [-0.1, -0.05) is 29.8 Å². The molecule has 152 valence electrons. The van der Waals surface area contributed by atoms with Crippen molar-refractivity contribution in [3.63, 3.8) is 0 Å². The lowest BCUT2D eigenvalue weighted by Crippen LogP contribution is -2.49. The van der Waals surface area contributed by atoms with E-state index in [-0.39, 0.29) is 17.6 Å². The summed E-state index contributed by atoms with van der Waals surface area (Å²) >= 11 is 6.07. The number of anilines is 1. The zero-order chi connectivity index (χ0) is 20.6. The molecule has 0 radical (unpaired) electrons. The average Bonchev–Trinajstić information content (AvgIpc) is 3.07. The van der Waals surface area contributed by atoms with E-state index in [1.54, 1.807) is 29.2 Å². The molecule has 1 fully saturated rings. The topological polar surface area (TPSA) is 75.5 Å². The summed E-state index contributed by atoms with van der Waals surface area (Å²) in [5.74, 6) is -0.121. The number of hydrogen-bond acceptors (Lipinski definition) is 5. The molecule has 1 amide bonds. The number of halogens is 1. The number of carbonyl (C=O) groups is 1. The minimum absolute atomic E-state index is 0.0555. The lowest BCUT2D eigenvalue weighted by Gasteiger charge is -2.36. The van der Waals surface area contributed by atoms with Crippen LogP contribution in [-0.2, 0) is 21.2 Å². The van der Waals surface area contributed by atoms with Crippen molar-refractivity contribution in [2.45, 2.75) is 11.7 Å². The molecule has 1 aliphatic heterocycles. The first kappa shape index (κ1) is 19.7. The Morgan fingerprint density at radius 1 is 1.07 bits per heavy atom. The highest BCUT2D eigenvalue weighted by molar-refractivity contribution is 7.90. The fourth-order valence-corrected chi connectivity index (χ4v) is 4.62. The third-order valence-corrected chi connectivity index (χ3v) is 6.26. The van der Waals surface area contributed by atoms with Crippen molar-refractivity contribution >= 4 is 44.1 Å². The molecule has 0 unspecified atom stereocenters. The number of hydrogen-bond donors (Lipinski definition) is 0. The van der Waals surface area contributed by atoms with Gasteiger partial charge in [0.25, 0.3) is 0 Å². The summed E-state index contributed by atoms with van der Waals surface area (Å²) in [4.78, 5) is 21.1. The summed E-state index contributed by atoms with van der Waals surface area (Å²) in [6.07, 6.45) is 1.11. The number of aromatic nitrogens is 2. The second kappa shape index (κ2) is 7.68. The minimum Gasteiger partial charge on any atom is -0.368 e. The Kier molecular flexibility index (Phi) is 5.23. The number of carbonyl (C=O) groups excluding carboxylic acids is 1. The highest BCUT2D eigenvalue weighted by Crippen LogP contribution is 2.22. The Labute approximate surface area is 174 Å². The first-order valence-electron chi connectivity index (χ1n) is 9.26. The number of benzene rings is 2. The summed E-state index contributed by atoms with van der Waals surface area (Å²) in [6, 6.07) is 14.8. The van der Waals surface area contributed by atoms with E-state index in [0.29, 0.717) is 42.2 Å². The zero-order valence-electron chi connectivity index (χ0n) is 16.0. The van der Waals surface area contributed by atoms with Crippen molar-refractivity contribution in [2.24, 2.45) is 0 Å². The number of amides is 1. The largest absolute Gasteiger partial charge is 0.368 e. The maximum absolute atomic E-state index is 12.9. The van der Waals surface area contributed by atoms with E-state index in [4.69, 9.17) is 11.6 Å². The van der Waals surface area contributed by atoms with E-state index in [1.165, 1.54) is 4.57 Å². The molecule has 3 aromatic rings. The number of nitrogens with zero attached hydrogens (tertiary/aromatic N) is 4. The molecule has 1 aromatic heterocycles. The Bertz CT molecular complexity index is 1170. The van der Waals surface area contributed by atoms with Crippen molar-refractivity contribution in [2.75, 3.05) is 37.3 Å². The van der Waals surface area contributed by atoms with Crippen molar-refractivity contribution in [1.29, 1.82) is 0 Å². The van der Waals surface area contributed by atoms with E-state index >= 15 is 0 Å². The molecular weight excluding hydrogens is 412 g/mol. The molecule has 1 saturated heterocycles. The summed E-state index contributed by atoms with van der Waals surface area (Å²) in [5.41, 5.74) is 2.23. The Hall–Kier alpha value is -2.58. The second-order valence-corrected chi connectivity index (χ2v) is 9.44. The van der Waals surface area contributed by atoms with Gasteiger partial charge in [-0.05, 0) is 30.3 Å². The van der Waals surface area contributed by atoms with E-state index in [9.17, 15) is 13.2 Å². The van der Waals surface area contributed by atoms with E-state index < -0.39 is 9.84 Å². The number of sulfone groups is 1. The van der Waals surface area contributed by atoms with Crippen LogP contribution < -0.4 is 4.90 Å². The van der Waals surface area contributed by atoms with Gasteiger partial charge >= 0.3 is 0 Å². The standard InChI is InChI=1S/C20H21ClN4O3S/c1-29(27,28)20-22-17-7-2-3-8-18(17)25(20)14-19(26)24-11-9-23(10-12-24)16-6-4-5-15(21)13-16/h2-8,13H,9-12,14H2,1H3. The van der Waals surface area contributed by atoms with Gasteiger partial charge in [0.05, 0.1) is 11.0 Å². The van der Waals surface area contributed by atoms with Crippen molar-refractivity contribution in [1.82, 2.24) is 14.5 Å². The molecule has 4 rings (SSSR count). The minimum atomic E-state index is -3.56. The summed E-state index contributed by atoms with van der Waals surface area (Å²) < 4.78 is 25.9. The normalized spacial score (nSPS) is 15.1. The highest BCUT2D eigenvalue weighted by atomic mass is 35.5. The molecule has 2 aromatic carbocycles. The zero-order valence-corrected chi connectivity index (χ0v) is 17.5. The molecule has 0 saturated carbocycles. The van der Waals surface area contributed by atoms with Gasteiger partial charge in [0.15, 0.2) is 0 Å². The van der Waals surface area contributed by atoms with Crippen LogP contribution in [0.2, 0.25) is 5.02 Å². The predicted molar refractivity (Wildman–Crippen MR) is 113 cm³/mol. The van der Waals surface area contributed by atoms with E-state index in [1.807, 2.05) is 24.3 Å². The molecule has 0 atom stereocenters. The molecule has 9 heteroatoms. The predicted octanol–water partition coefficient (Wildman–Crippen LogP) is 2.44. The van der Waals surface area contributed by atoms with Gasteiger partial charge < -0.3 is 14.4 Å². The molecule has 2 heterocycles. The monoisotopic (exact) mass is 432 g/mol. The molecule has 1 aliphatic rings. The van der Waals surface area contributed by atoms with Crippen LogP contribution in [-0.4, -0.2) is 61.2 Å². The van der Waals surface area contributed by atoms with Gasteiger partial charge in [0.1, 0.15) is 6.54 Å². The lowest BCUT2D eigenvalue weighted by atomic mass is 10.2. The number of rotatable bonds is 4. The number of piperazine rings is 1. The number of para-hydroxylation sites is 2. The molecule has 0 spiro atoms. The molecular formula is C20H21ClN4O3S. The second-order valence-electron chi connectivity index (χ2n) is 7.09. The Balaban J connectivity index is 1.51. The van der Waals surface area contributed by atoms with Crippen molar-refractivity contribution in [3.8, 4) is 0 Å². The maximum atomic E-state index is 12.9. The SMILES string of the molecule is CS(=O)(=O)c1nc2ccccc2n1CC(=O)N1CCN(c2cccc(Cl)c2)CC1. The quantitative estimate of drug-likeness (QED) is 0.633. The Morgan fingerprint density at radius 2 is 1.79 bits per heavy atom. The summed E-state index contributed by atoms with van der Waals surface area (Å²) in [6.45, 7) is 2.45.